The fourth-order valence-electron chi connectivity index (χ4n) is 2.37. The number of hydrogen-bond donors (Lipinski definition) is 1. The Morgan fingerprint density at radius 1 is 1.33 bits per heavy atom. The average molecular weight is 413 g/mol. The third-order valence-electron chi connectivity index (χ3n) is 3.77. The molecule has 0 fully saturated rings. The van der Waals surface area contributed by atoms with Crippen molar-refractivity contribution in [3.05, 3.63) is 55.1 Å². The second kappa shape index (κ2) is 9.25. The Hall–Kier alpha value is -3.62. The first-order valence-corrected chi connectivity index (χ1v) is 9.20. The van der Waals surface area contributed by atoms with E-state index in [9.17, 15) is 9.59 Å². The molecule has 2 amide bonds. The topological polar surface area (TPSA) is 98.1 Å². The number of rotatable bonds is 7. The molecular formula is C21H27N5O4. The van der Waals surface area contributed by atoms with Crippen molar-refractivity contribution < 1.29 is 19.1 Å². The summed E-state index contributed by atoms with van der Waals surface area (Å²) in [5, 5.41) is 7.13. The minimum atomic E-state index is -0.638. The van der Waals surface area contributed by atoms with Crippen molar-refractivity contribution in [3.63, 3.8) is 0 Å². The molecule has 0 bridgehead atoms. The predicted octanol–water partition coefficient (Wildman–Crippen LogP) is 3.26. The Bertz CT molecular complexity index is 1000. The van der Waals surface area contributed by atoms with Gasteiger partial charge in [0.15, 0.2) is 11.5 Å². The molecule has 0 aromatic carbocycles. The molecule has 0 radical (unpaired) electrons. The second-order valence-electron chi connectivity index (χ2n) is 7.51. The number of amides is 2. The molecule has 1 N–H and O–H groups in total. The quantitative estimate of drug-likeness (QED) is 0.553. The number of methoxy groups -OCH3 is 1. The molecule has 2 aromatic heterocycles. The normalized spacial score (nSPS) is 11.7. The van der Waals surface area contributed by atoms with Gasteiger partial charge >= 0.3 is 6.09 Å². The molecule has 0 aliphatic carbocycles. The highest BCUT2D eigenvalue weighted by Gasteiger charge is 2.21. The lowest BCUT2D eigenvalue weighted by Gasteiger charge is -2.24. The van der Waals surface area contributed by atoms with E-state index in [1.54, 1.807) is 51.3 Å². The van der Waals surface area contributed by atoms with Gasteiger partial charge in [-0.2, -0.15) is 5.10 Å². The van der Waals surface area contributed by atoms with Crippen LogP contribution in [-0.2, 0) is 14.3 Å². The first kappa shape index (κ1) is 22.7. The van der Waals surface area contributed by atoms with E-state index in [4.69, 9.17) is 9.47 Å². The summed E-state index contributed by atoms with van der Waals surface area (Å²) in [6, 6.07) is 3.54. The number of likely N-dealkylation sites (N-methyl/N-ethyl adjacent to an activating group) is 1. The largest absolute Gasteiger partial charge is 0.497 e. The van der Waals surface area contributed by atoms with Crippen molar-refractivity contribution in [2.75, 3.05) is 26.0 Å². The Labute approximate surface area is 175 Å². The smallest absolute Gasteiger partial charge is 0.410 e. The number of allylic oxidation sites excluding steroid dienone is 3. The number of carbonyl (C=O) groups excluding carboxylic acids is 2. The fourth-order valence-corrected chi connectivity index (χ4v) is 2.37. The van der Waals surface area contributed by atoms with Crippen LogP contribution < -0.4 is 5.32 Å². The number of aromatic nitrogens is 3. The Morgan fingerprint density at radius 2 is 2.03 bits per heavy atom. The lowest BCUT2D eigenvalue weighted by Crippen LogP contribution is -2.38. The molecule has 30 heavy (non-hydrogen) atoms. The van der Waals surface area contributed by atoms with Crippen LogP contribution in [0.3, 0.4) is 0 Å². The maximum atomic E-state index is 12.3. The van der Waals surface area contributed by atoms with Gasteiger partial charge in [0.05, 0.1) is 19.0 Å². The molecule has 2 heterocycles. The van der Waals surface area contributed by atoms with E-state index in [-0.39, 0.29) is 6.54 Å². The zero-order valence-corrected chi connectivity index (χ0v) is 17.9. The molecule has 0 aliphatic heterocycles. The van der Waals surface area contributed by atoms with Crippen LogP contribution in [0.25, 0.3) is 11.2 Å². The van der Waals surface area contributed by atoms with Crippen LogP contribution in [0.2, 0.25) is 0 Å². The van der Waals surface area contributed by atoms with Crippen molar-refractivity contribution in [3.8, 4) is 0 Å². The zero-order valence-electron chi connectivity index (χ0n) is 17.9. The van der Waals surface area contributed by atoms with Crippen molar-refractivity contribution >= 4 is 29.0 Å². The van der Waals surface area contributed by atoms with Gasteiger partial charge in [0, 0.05) is 12.6 Å². The Kier molecular flexibility index (Phi) is 6.99. The number of hydrogen-bond acceptors (Lipinski definition) is 6. The number of nitrogens with one attached hydrogen (secondary N) is 1. The van der Waals surface area contributed by atoms with Crippen molar-refractivity contribution in [2.24, 2.45) is 0 Å². The highest BCUT2D eigenvalue weighted by Crippen LogP contribution is 2.17. The molecule has 0 saturated heterocycles. The van der Waals surface area contributed by atoms with Gasteiger partial charge in [-0.05, 0) is 39.0 Å². The van der Waals surface area contributed by atoms with E-state index < -0.39 is 17.6 Å². The van der Waals surface area contributed by atoms with Crippen LogP contribution in [0.5, 0.6) is 0 Å². The van der Waals surface area contributed by atoms with Gasteiger partial charge in [-0.25, -0.2) is 14.3 Å². The molecule has 9 nitrogen and oxygen atoms in total. The van der Waals surface area contributed by atoms with Crippen LogP contribution in [0.4, 0.5) is 10.6 Å². The molecule has 0 atom stereocenters. The van der Waals surface area contributed by atoms with Gasteiger partial charge in [0.25, 0.3) is 0 Å². The average Bonchev–Trinajstić information content (AvgIpc) is 3.05. The monoisotopic (exact) mass is 413 g/mol. The maximum Gasteiger partial charge on any atom is 0.410 e. The fraction of sp³-hybridized carbons (Fsp3) is 0.333. The minimum Gasteiger partial charge on any atom is -0.497 e. The summed E-state index contributed by atoms with van der Waals surface area (Å²) in [6.45, 7) is 12.6. The number of ether oxygens (including phenoxy) is 2. The number of imidazole rings is 1. The molecule has 2 aromatic rings. The molecule has 2 rings (SSSR count). The first-order chi connectivity index (χ1) is 14.0. The first-order valence-electron chi connectivity index (χ1n) is 9.20. The van der Waals surface area contributed by atoms with Gasteiger partial charge in [0.2, 0.25) is 5.91 Å². The van der Waals surface area contributed by atoms with Gasteiger partial charge in [0.1, 0.15) is 17.9 Å². The number of carbonyl (C=O) groups is 2. The van der Waals surface area contributed by atoms with E-state index in [0.29, 0.717) is 22.9 Å². The molecular weight excluding hydrogens is 386 g/mol. The molecule has 160 valence electrons. The van der Waals surface area contributed by atoms with E-state index in [2.05, 4.69) is 28.6 Å². The number of fused-ring (bicyclic) bond motifs is 1. The summed E-state index contributed by atoms with van der Waals surface area (Å²) in [5.74, 6) is 0.377. The van der Waals surface area contributed by atoms with Gasteiger partial charge in [-0.3, -0.25) is 4.79 Å². The van der Waals surface area contributed by atoms with Crippen molar-refractivity contribution in [1.82, 2.24) is 19.5 Å². The summed E-state index contributed by atoms with van der Waals surface area (Å²) < 4.78 is 11.8. The van der Waals surface area contributed by atoms with Crippen LogP contribution in [0.15, 0.2) is 49.4 Å². The summed E-state index contributed by atoms with van der Waals surface area (Å²) in [5.41, 5.74) is 1.27. The minimum absolute atomic E-state index is 0.177. The lowest BCUT2D eigenvalue weighted by molar-refractivity contribution is -0.117. The van der Waals surface area contributed by atoms with Crippen molar-refractivity contribution in [1.29, 1.82) is 0 Å². The van der Waals surface area contributed by atoms with E-state index in [1.807, 2.05) is 0 Å². The van der Waals surface area contributed by atoms with E-state index in [0.717, 1.165) is 5.57 Å². The predicted molar refractivity (Wildman–Crippen MR) is 115 cm³/mol. The molecule has 0 spiro atoms. The van der Waals surface area contributed by atoms with E-state index >= 15 is 0 Å². The molecule has 0 aliphatic rings. The van der Waals surface area contributed by atoms with Crippen LogP contribution in [0.1, 0.15) is 26.5 Å². The summed E-state index contributed by atoms with van der Waals surface area (Å²) in [4.78, 5) is 29.8. The van der Waals surface area contributed by atoms with Crippen LogP contribution in [0, 0.1) is 0 Å². The lowest BCUT2D eigenvalue weighted by atomic mass is 10.1. The van der Waals surface area contributed by atoms with Crippen LogP contribution >= 0.6 is 0 Å². The zero-order chi connectivity index (χ0) is 22.5. The summed E-state index contributed by atoms with van der Waals surface area (Å²) in [6.07, 6.45) is 4.36. The van der Waals surface area contributed by atoms with Crippen LogP contribution in [-0.4, -0.2) is 57.8 Å². The standard InChI is InChI=1S/C21H27N5O4/c1-8-15(11-14(2)29-7)16-9-10-18-22-17(12-26(18)24-16)23-19(27)13-25(6)20(28)30-21(3,4)5/h8-12H,1-2,13H2,3-7H3,(H,23,27)/b15-11+. The highest BCUT2D eigenvalue weighted by molar-refractivity contribution is 5.93. The highest BCUT2D eigenvalue weighted by atomic mass is 16.6. The van der Waals surface area contributed by atoms with Crippen molar-refractivity contribution in [2.45, 2.75) is 26.4 Å². The summed E-state index contributed by atoms with van der Waals surface area (Å²) >= 11 is 0. The molecule has 9 heteroatoms. The SMILES string of the molecule is C=C/C(=C\C(=C)OC)c1ccc2nc(NC(=O)CN(C)C(=O)OC(C)(C)C)cn2n1. The Morgan fingerprint density at radius 3 is 2.63 bits per heavy atom. The van der Waals surface area contributed by atoms with Gasteiger partial charge in [-0.15, -0.1) is 0 Å². The maximum absolute atomic E-state index is 12.3. The molecule has 0 saturated carbocycles. The van der Waals surface area contributed by atoms with Gasteiger partial charge < -0.3 is 19.7 Å². The Balaban J connectivity index is 2.11. The second-order valence-corrected chi connectivity index (χ2v) is 7.51. The molecule has 0 unspecified atom stereocenters. The third-order valence-corrected chi connectivity index (χ3v) is 3.77. The van der Waals surface area contributed by atoms with E-state index in [1.165, 1.54) is 23.6 Å². The number of anilines is 1. The summed E-state index contributed by atoms with van der Waals surface area (Å²) in [7, 11) is 3.02. The third kappa shape index (κ3) is 6.20. The number of nitrogens with zero attached hydrogens (tertiary/aromatic N) is 4. The van der Waals surface area contributed by atoms with Gasteiger partial charge in [-0.1, -0.05) is 19.2 Å².